The lowest BCUT2D eigenvalue weighted by Crippen LogP contribution is -2.40. The van der Waals surface area contributed by atoms with E-state index in [0.717, 1.165) is 12.8 Å². The highest BCUT2D eigenvalue weighted by molar-refractivity contribution is 5.78. The molecule has 1 heterocycles. The van der Waals surface area contributed by atoms with Gasteiger partial charge in [0, 0.05) is 11.8 Å². The van der Waals surface area contributed by atoms with Crippen LogP contribution in [0.1, 0.15) is 26.7 Å². The van der Waals surface area contributed by atoms with Crippen LogP contribution in [0.2, 0.25) is 0 Å². The molecular weight excluding hydrogens is 236 g/mol. The lowest BCUT2D eigenvalue weighted by Gasteiger charge is -2.29. The molecule has 5 heteroatoms. The number of hydrogen-bond donors (Lipinski definition) is 1. The maximum Gasteiger partial charge on any atom is 0.314 e. The van der Waals surface area contributed by atoms with E-state index < -0.39 is 11.4 Å². The van der Waals surface area contributed by atoms with Gasteiger partial charge in [-0.3, -0.25) is 9.59 Å². The van der Waals surface area contributed by atoms with Gasteiger partial charge in [0.2, 0.25) is 0 Å². The lowest BCUT2D eigenvalue weighted by atomic mass is 9.87. The standard InChI is InChI=1S/C13H18O5/c1-13(2,5-14)12(16)18-9-6-3-7-8(4-6)11(15)17-10(7)9/h6-10,14H,3-5H2,1-2H3/t6-,7?,8?,9?,10?/m0/s1. The third-order valence-corrected chi connectivity index (χ3v) is 4.60. The van der Waals surface area contributed by atoms with Gasteiger partial charge in [0.1, 0.15) is 12.2 Å². The van der Waals surface area contributed by atoms with Crippen molar-refractivity contribution in [2.24, 2.45) is 23.2 Å². The van der Waals surface area contributed by atoms with Crippen LogP contribution in [0, 0.1) is 23.2 Å². The molecule has 0 aromatic carbocycles. The summed E-state index contributed by atoms with van der Waals surface area (Å²) in [6.45, 7) is 3.04. The van der Waals surface area contributed by atoms with Crippen LogP contribution in [-0.4, -0.2) is 35.9 Å². The van der Waals surface area contributed by atoms with E-state index in [1.165, 1.54) is 0 Å². The quantitative estimate of drug-likeness (QED) is 0.742. The highest BCUT2D eigenvalue weighted by atomic mass is 16.6. The second-order valence-electron chi connectivity index (χ2n) is 6.32. The van der Waals surface area contributed by atoms with Crippen LogP contribution in [0.5, 0.6) is 0 Å². The van der Waals surface area contributed by atoms with Crippen molar-refractivity contribution in [3.8, 4) is 0 Å². The summed E-state index contributed by atoms with van der Waals surface area (Å²) in [6, 6.07) is 0. The third kappa shape index (κ3) is 1.49. The summed E-state index contributed by atoms with van der Waals surface area (Å²) in [6.07, 6.45) is 1.13. The summed E-state index contributed by atoms with van der Waals surface area (Å²) >= 11 is 0. The molecule has 4 unspecified atom stereocenters. The van der Waals surface area contributed by atoms with E-state index in [1.54, 1.807) is 13.8 Å². The average molecular weight is 254 g/mol. The molecule has 0 radical (unpaired) electrons. The predicted octanol–water partition coefficient (Wildman–Crippen LogP) is 0.498. The van der Waals surface area contributed by atoms with Gasteiger partial charge in [0.05, 0.1) is 17.9 Å². The zero-order valence-corrected chi connectivity index (χ0v) is 10.6. The second-order valence-corrected chi connectivity index (χ2v) is 6.32. The molecule has 2 bridgehead atoms. The van der Waals surface area contributed by atoms with Gasteiger partial charge in [-0.15, -0.1) is 0 Å². The number of carbonyl (C=O) groups excluding carboxylic acids is 2. The fraction of sp³-hybridized carbons (Fsp3) is 0.846. The topological polar surface area (TPSA) is 72.8 Å². The van der Waals surface area contributed by atoms with Crippen molar-refractivity contribution in [1.29, 1.82) is 0 Å². The molecule has 100 valence electrons. The smallest absolute Gasteiger partial charge is 0.314 e. The maximum absolute atomic E-state index is 12.0. The minimum atomic E-state index is -0.899. The van der Waals surface area contributed by atoms with Gasteiger partial charge in [-0.2, -0.15) is 0 Å². The van der Waals surface area contributed by atoms with E-state index in [1.807, 2.05) is 0 Å². The highest BCUT2D eigenvalue weighted by Crippen LogP contribution is 2.55. The molecule has 1 aliphatic heterocycles. The molecule has 5 atom stereocenters. The number of esters is 2. The van der Waals surface area contributed by atoms with E-state index in [2.05, 4.69) is 0 Å². The summed E-state index contributed by atoms with van der Waals surface area (Å²) < 4.78 is 10.8. The molecular formula is C13H18O5. The van der Waals surface area contributed by atoms with Crippen LogP contribution >= 0.6 is 0 Å². The first-order valence-corrected chi connectivity index (χ1v) is 6.46. The molecule has 0 aromatic heterocycles. The van der Waals surface area contributed by atoms with Crippen LogP contribution in [0.25, 0.3) is 0 Å². The minimum absolute atomic E-state index is 0.0285. The Kier molecular flexibility index (Phi) is 2.46. The van der Waals surface area contributed by atoms with Crippen molar-refractivity contribution < 1.29 is 24.2 Å². The van der Waals surface area contributed by atoms with Gasteiger partial charge in [-0.1, -0.05) is 0 Å². The molecule has 2 aliphatic carbocycles. The number of aliphatic hydroxyl groups is 1. The number of carbonyl (C=O) groups is 2. The van der Waals surface area contributed by atoms with Crippen LogP contribution < -0.4 is 0 Å². The van der Waals surface area contributed by atoms with Gasteiger partial charge in [0.25, 0.3) is 0 Å². The molecule has 3 rings (SSSR count). The number of fused-ring (bicyclic) bond motifs is 1. The zero-order valence-electron chi connectivity index (χ0n) is 10.6. The van der Waals surface area contributed by atoms with Crippen LogP contribution in [0.15, 0.2) is 0 Å². The number of aliphatic hydroxyl groups excluding tert-OH is 1. The fourth-order valence-corrected chi connectivity index (χ4v) is 3.41. The van der Waals surface area contributed by atoms with E-state index >= 15 is 0 Å². The third-order valence-electron chi connectivity index (χ3n) is 4.60. The Bertz CT molecular complexity index is 402. The van der Waals surface area contributed by atoms with Crippen molar-refractivity contribution >= 4 is 11.9 Å². The Hall–Kier alpha value is -1.10. The number of rotatable bonds is 3. The molecule has 18 heavy (non-hydrogen) atoms. The lowest BCUT2D eigenvalue weighted by molar-refractivity contribution is -0.172. The second kappa shape index (κ2) is 3.70. The average Bonchev–Trinajstić information content (AvgIpc) is 2.93. The Balaban J connectivity index is 1.73. The van der Waals surface area contributed by atoms with Crippen molar-refractivity contribution in [3.63, 3.8) is 0 Å². The summed E-state index contributed by atoms with van der Waals surface area (Å²) in [5.74, 6) is -0.0391. The largest absolute Gasteiger partial charge is 0.458 e. The van der Waals surface area contributed by atoms with Gasteiger partial charge in [0.15, 0.2) is 0 Å². The monoisotopic (exact) mass is 254 g/mol. The first-order chi connectivity index (χ1) is 8.44. The first-order valence-electron chi connectivity index (χ1n) is 6.46. The summed E-state index contributed by atoms with van der Waals surface area (Å²) in [5, 5.41) is 9.16. The summed E-state index contributed by atoms with van der Waals surface area (Å²) in [4.78, 5) is 23.5. The Labute approximate surface area is 105 Å². The van der Waals surface area contributed by atoms with E-state index in [4.69, 9.17) is 14.6 Å². The SMILES string of the molecule is CC(C)(CO)C(=O)OC1C2OC(=O)C3C[C@@H]1CC32. The number of ether oxygens (including phenoxy) is 2. The van der Waals surface area contributed by atoms with Gasteiger partial charge in [-0.25, -0.2) is 0 Å². The van der Waals surface area contributed by atoms with Crippen molar-refractivity contribution in [3.05, 3.63) is 0 Å². The summed E-state index contributed by atoms with van der Waals surface area (Å²) in [5.41, 5.74) is -0.899. The molecule has 2 saturated carbocycles. The molecule has 3 fully saturated rings. The van der Waals surface area contributed by atoms with E-state index in [-0.39, 0.29) is 42.5 Å². The normalized spacial score (nSPS) is 41.1. The Morgan fingerprint density at radius 3 is 2.89 bits per heavy atom. The Morgan fingerprint density at radius 1 is 1.50 bits per heavy atom. The van der Waals surface area contributed by atoms with Crippen molar-refractivity contribution in [1.82, 2.24) is 0 Å². The highest BCUT2D eigenvalue weighted by Gasteiger charge is 2.63. The van der Waals surface area contributed by atoms with E-state index in [9.17, 15) is 9.59 Å². The predicted molar refractivity (Wildman–Crippen MR) is 60.3 cm³/mol. The fourth-order valence-electron chi connectivity index (χ4n) is 3.41. The molecule has 1 saturated heterocycles. The van der Waals surface area contributed by atoms with Crippen LogP contribution in [0.4, 0.5) is 0 Å². The van der Waals surface area contributed by atoms with Gasteiger partial charge in [-0.05, 0) is 26.7 Å². The maximum atomic E-state index is 12.0. The van der Waals surface area contributed by atoms with Gasteiger partial charge < -0.3 is 14.6 Å². The molecule has 0 aromatic rings. The summed E-state index contributed by atoms with van der Waals surface area (Å²) in [7, 11) is 0. The first kappa shape index (κ1) is 12.0. The van der Waals surface area contributed by atoms with Gasteiger partial charge >= 0.3 is 11.9 Å². The van der Waals surface area contributed by atoms with Crippen LogP contribution in [-0.2, 0) is 19.1 Å². The molecule has 0 amide bonds. The van der Waals surface area contributed by atoms with Crippen molar-refractivity contribution in [2.75, 3.05) is 6.61 Å². The molecule has 1 N–H and O–H groups in total. The molecule has 3 aliphatic rings. The minimum Gasteiger partial charge on any atom is -0.458 e. The molecule has 5 nitrogen and oxygen atoms in total. The molecule has 0 spiro atoms. The van der Waals surface area contributed by atoms with E-state index in [0.29, 0.717) is 0 Å². The Morgan fingerprint density at radius 2 is 2.22 bits per heavy atom. The zero-order chi connectivity index (χ0) is 13.1. The number of hydrogen-bond acceptors (Lipinski definition) is 5. The van der Waals surface area contributed by atoms with Crippen molar-refractivity contribution in [2.45, 2.75) is 38.9 Å². The van der Waals surface area contributed by atoms with Crippen LogP contribution in [0.3, 0.4) is 0 Å².